The van der Waals surface area contributed by atoms with Crippen LogP contribution < -0.4 is 10.3 Å². The highest BCUT2D eigenvalue weighted by Crippen LogP contribution is 2.26. The molecule has 4 aromatic rings. The number of hydrogen-bond acceptors (Lipinski definition) is 6. The van der Waals surface area contributed by atoms with Crippen LogP contribution in [-0.4, -0.2) is 47.3 Å². The largest absolute Gasteiger partial charge is 0.497 e. The third-order valence-electron chi connectivity index (χ3n) is 5.33. The Kier molecular flexibility index (Phi) is 5.40. The molecule has 1 fully saturated rings. The summed E-state index contributed by atoms with van der Waals surface area (Å²) in [6.07, 6.45) is 3.85. The standard InChI is InChI=1S/C23H22N4O3S/c1-29-16-10-8-15(9-11-16)21-18(14-24-13-17-5-4-12-30-17)22(28)27(26-21)23-25-19-6-2-3-7-20(19)31-23/h2-3,6-11,14,17,26H,4-5,12-13H2,1H3. The summed E-state index contributed by atoms with van der Waals surface area (Å²) in [7, 11) is 1.63. The number of hydrogen-bond donors (Lipinski definition) is 1. The molecule has 1 unspecified atom stereocenters. The van der Waals surface area contributed by atoms with Crippen molar-refractivity contribution in [3.05, 3.63) is 64.4 Å². The van der Waals surface area contributed by atoms with Crippen LogP contribution in [0.25, 0.3) is 26.6 Å². The van der Waals surface area contributed by atoms with Crippen LogP contribution in [0.5, 0.6) is 5.75 Å². The first-order valence-corrected chi connectivity index (χ1v) is 11.0. The normalized spacial score (nSPS) is 16.5. The predicted octanol–water partition coefficient (Wildman–Crippen LogP) is 4.05. The number of fused-ring (bicyclic) bond motifs is 1. The van der Waals surface area contributed by atoms with Gasteiger partial charge in [-0.2, -0.15) is 4.68 Å². The molecule has 31 heavy (non-hydrogen) atoms. The molecule has 0 aliphatic carbocycles. The van der Waals surface area contributed by atoms with Gasteiger partial charge in [0.05, 0.1) is 41.2 Å². The van der Waals surface area contributed by atoms with Crippen LogP contribution in [0.1, 0.15) is 18.4 Å². The number of aliphatic imine (C=N–C) groups is 1. The molecule has 2 aromatic heterocycles. The van der Waals surface area contributed by atoms with Gasteiger partial charge in [0.2, 0.25) is 5.13 Å². The molecule has 2 aromatic carbocycles. The SMILES string of the molecule is COc1ccc(-c2[nH]n(-c3nc4ccccc4s3)c(=O)c2C=NCC2CCCO2)cc1. The lowest BCUT2D eigenvalue weighted by Crippen LogP contribution is -2.17. The average molecular weight is 435 g/mol. The third-order valence-corrected chi connectivity index (χ3v) is 6.35. The number of rotatable bonds is 6. The topological polar surface area (TPSA) is 81.5 Å². The fourth-order valence-corrected chi connectivity index (χ4v) is 4.61. The number of nitrogens with one attached hydrogen (secondary N) is 1. The van der Waals surface area contributed by atoms with E-state index >= 15 is 0 Å². The van der Waals surface area contributed by atoms with Crippen molar-refractivity contribution in [2.45, 2.75) is 18.9 Å². The maximum atomic E-state index is 13.3. The molecule has 0 radical (unpaired) electrons. The molecule has 1 N–H and O–H groups in total. The minimum absolute atomic E-state index is 0.131. The summed E-state index contributed by atoms with van der Waals surface area (Å²) in [5.74, 6) is 0.755. The monoisotopic (exact) mass is 434 g/mol. The van der Waals surface area contributed by atoms with E-state index in [0.717, 1.165) is 41.0 Å². The second-order valence-corrected chi connectivity index (χ2v) is 8.37. The maximum Gasteiger partial charge on any atom is 0.282 e. The first kappa shape index (κ1) is 19.7. The molecular weight excluding hydrogens is 412 g/mol. The molecule has 0 spiro atoms. The molecule has 0 saturated carbocycles. The highest BCUT2D eigenvalue weighted by Gasteiger charge is 2.19. The van der Waals surface area contributed by atoms with Gasteiger partial charge < -0.3 is 9.47 Å². The van der Waals surface area contributed by atoms with E-state index in [0.29, 0.717) is 22.9 Å². The van der Waals surface area contributed by atoms with Gasteiger partial charge in [-0.25, -0.2) is 4.98 Å². The van der Waals surface area contributed by atoms with Gasteiger partial charge in [0.25, 0.3) is 5.56 Å². The first-order chi connectivity index (χ1) is 15.2. The summed E-state index contributed by atoms with van der Waals surface area (Å²) in [5.41, 5.74) is 2.76. The Morgan fingerprint density at radius 1 is 1.29 bits per heavy atom. The fraction of sp³-hybridized carbons (Fsp3) is 0.261. The molecule has 158 valence electrons. The highest BCUT2D eigenvalue weighted by atomic mass is 32.1. The number of ether oxygens (including phenoxy) is 2. The molecule has 1 saturated heterocycles. The summed E-state index contributed by atoms with van der Waals surface area (Å²) >= 11 is 1.47. The van der Waals surface area contributed by atoms with E-state index in [1.807, 2.05) is 48.5 Å². The van der Waals surface area contributed by atoms with Crippen molar-refractivity contribution in [2.24, 2.45) is 4.99 Å². The molecule has 3 heterocycles. The van der Waals surface area contributed by atoms with Crippen LogP contribution in [0.15, 0.2) is 58.3 Å². The molecule has 7 nitrogen and oxygen atoms in total. The van der Waals surface area contributed by atoms with Crippen LogP contribution in [0.4, 0.5) is 0 Å². The van der Waals surface area contributed by atoms with Crippen molar-refractivity contribution < 1.29 is 9.47 Å². The van der Waals surface area contributed by atoms with E-state index in [1.54, 1.807) is 13.3 Å². The molecule has 0 amide bonds. The Morgan fingerprint density at radius 2 is 2.13 bits per heavy atom. The van der Waals surface area contributed by atoms with Gasteiger partial charge in [0.15, 0.2) is 0 Å². The quantitative estimate of drug-likeness (QED) is 0.464. The van der Waals surface area contributed by atoms with E-state index in [4.69, 9.17) is 9.47 Å². The van der Waals surface area contributed by atoms with Crippen LogP contribution in [0.3, 0.4) is 0 Å². The lowest BCUT2D eigenvalue weighted by atomic mass is 10.1. The Hall–Kier alpha value is -3.23. The molecule has 1 aliphatic heterocycles. The number of benzene rings is 2. The summed E-state index contributed by atoms with van der Waals surface area (Å²) in [4.78, 5) is 22.5. The maximum absolute atomic E-state index is 13.3. The fourth-order valence-electron chi connectivity index (χ4n) is 3.69. The smallest absolute Gasteiger partial charge is 0.282 e. The van der Waals surface area contributed by atoms with Crippen molar-refractivity contribution in [1.29, 1.82) is 0 Å². The number of H-pyrrole nitrogens is 1. The van der Waals surface area contributed by atoms with E-state index < -0.39 is 0 Å². The van der Waals surface area contributed by atoms with E-state index in [1.165, 1.54) is 16.0 Å². The number of nitrogens with zero attached hydrogens (tertiary/aromatic N) is 3. The summed E-state index contributed by atoms with van der Waals surface area (Å²) in [5, 5.41) is 3.85. The van der Waals surface area contributed by atoms with Gasteiger partial charge in [-0.1, -0.05) is 23.5 Å². The Morgan fingerprint density at radius 3 is 2.87 bits per heavy atom. The lowest BCUT2D eigenvalue weighted by Gasteiger charge is -2.04. The first-order valence-electron chi connectivity index (χ1n) is 10.2. The van der Waals surface area contributed by atoms with Gasteiger partial charge >= 0.3 is 0 Å². The Bertz CT molecular complexity index is 1250. The molecule has 1 atom stereocenters. The van der Waals surface area contributed by atoms with Gasteiger partial charge in [-0.05, 0) is 49.2 Å². The summed E-state index contributed by atoms with van der Waals surface area (Å²) < 4.78 is 13.4. The van der Waals surface area contributed by atoms with Gasteiger partial charge in [0.1, 0.15) is 5.75 Å². The molecular formula is C23H22N4O3S. The second kappa shape index (κ2) is 8.49. The minimum Gasteiger partial charge on any atom is -0.497 e. The molecule has 1 aliphatic rings. The average Bonchev–Trinajstić information content (AvgIpc) is 3.53. The zero-order valence-electron chi connectivity index (χ0n) is 17.1. The molecule has 0 bridgehead atoms. The van der Waals surface area contributed by atoms with Crippen molar-refractivity contribution >= 4 is 27.8 Å². The molecule has 8 heteroatoms. The van der Waals surface area contributed by atoms with Crippen molar-refractivity contribution in [1.82, 2.24) is 14.8 Å². The number of aromatic nitrogens is 3. The summed E-state index contributed by atoms with van der Waals surface area (Å²) in [6, 6.07) is 15.4. The zero-order chi connectivity index (χ0) is 21.2. The van der Waals surface area contributed by atoms with Crippen LogP contribution in [0, 0.1) is 0 Å². The Labute approximate surface area is 183 Å². The van der Waals surface area contributed by atoms with E-state index in [9.17, 15) is 4.79 Å². The number of thiazole rings is 1. The van der Waals surface area contributed by atoms with Gasteiger partial charge in [0, 0.05) is 18.4 Å². The number of methoxy groups -OCH3 is 1. The highest BCUT2D eigenvalue weighted by molar-refractivity contribution is 7.20. The van der Waals surface area contributed by atoms with Gasteiger partial charge in [-0.15, -0.1) is 0 Å². The lowest BCUT2D eigenvalue weighted by molar-refractivity contribution is 0.118. The predicted molar refractivity (Wildman–Crippen MR) is 123 cm³/mol. The zero-order valence-corrected chi connectivity index (χ0v) is 17.9. The van der Waals surface area contributed by atoms with E-state index in [2.05, 4.69) is 15.1 Å². The van der Waals surface area contributed by atoms with Gasteiger partial charge in [-0.3, -0.25) is 14.9 Å². The van der Waals surface area contributed by atoms with Crippen molar-refractivity contribution in [3.8, 4) is 22.1 Å². The summed E-state index contributed by atoms with van der Waals surface area (Å²) in [6.45, 7) is 1.33. The van der Waals surface area contributed by atoms with Crippen LogP contribution >= 0.6 is 11.3 Å². The van der Waals surface area contributed by atoms with Crippen LogP contribution in [0.2, 0.25) is 0 Å². The van der Waals surface area contributed by atoms with Crippen molar-refractivity contribution in [2.75, 3.05) is 20.3 Å². The van der Waals surface area contributed by atoms with E-state index in [-0.39, 0.29) is 11.7 Å². The van der Waals surface area contributed by atoms with Crippen molar-refractivity contribution in [3.63, 3.8) is 0 Å². The number of aromatic amines is 1. The second-order valence-electron chi connectivity index (χ2n) is 7.36. The third kappa shape index (κ3) is 3.92. The minimum atomic E-state index is -0.180. The number of para-hydroxylation sites is 1. The Balaban J connectivity index is 1.57. The van der Waals surface area contributed by atoms with Crippen LogP contribution in [-0.2, 0) is 4.74 Å². The molecule has 5 rings (SSSR count).